The third-order valence-electron chi connectivity index (χ3n) is 5.49. The summed E-state index contributed by atoms with van der Waals surface area (Å²) in [5.41, 5.74) is -0.602. The number of benzene rings is 1. The van der Waals surface area contributed by atoms with Crippen molar-refractivity contribution in [1.82, 2.24) is 24.0 Å². The van der Waals surface area contributed by atoms with Gasteiger partial charge in [0.1, 0.15) is 18.5 Å². The molecular weight excluding hydrogens is 459 g/mol. The van der Waals surface area contributed by atoms with Gasteiger partial charge in [-0.05, 0) is 25.2 Å². The number of rotatable bonds is 6. The summed E-state index contributed by atoms with van der Waals surface area (Å²) in [4.78, 5) is 35.9. The number of aryl methyl sites for hydroxylation is 1. The number of aliphatic hydroxyl groups excluding tert-OH is 1. The second kappa shape index (κ2) is 9.14. The van der Waals surface area contributed by atoms with Gasteiger partial charge in [-0.15, -0.1) is 0 Å². The average molecular weight is 483 g/mol. The highest BCUT2D eigenvalue weighted by atomic mass is 35.5. The number of anilines is 1. The summed E-state index contributed by atoms with van der Waals surface area (Å²) in [6.07, 6.45) is -0.970. The van der Waals surface area contributed by atoms with E-state index in [2.05, 4.69) is 14.9 Å². The van der Waals surface area contributed by atoms with Crippen molar-refractivity contribution >= 4 is 40.3 Å². The normalized spacial score (nSPS) is 16.0. The molecule has 0 bridgehead atoms. The molecule has 0 amide bonds. The number of aromatic amines is 1. The Morgan fingerprint density at radius 1 is 1.19 bits per heavy atom. The molecule has 0 spiro atoms. The van der Waals surface area contributed by atoms with E-state index in [-0.39, 0.29) is 24.3 Å². The molecule has 4 rings (SSSR count). The maximum Gasteiger partial charge on any atom is 0.329 e. The molecule has 3 aromatic rings. The molecular formula is C20H24Cl2N6O4. The van der Waals surface area contributed by atoms with Crippen LogP contribution in [0.3, 0.4) is 0 Å². The third-order valence-corrected chi connectivity index (χ3v) is 6.02. The van der Waals surface area contributed by atoms with Crippen molar-refractivity contribution in [3.8, 4) is 5.75 Å². The summed E-state index contributed by atoms with van der Waals surface area (Å²) < 4.78 is 8.60. The van der Waals surface area contributed by atoms with E-state index in [1.54, 1.807) is 29.8 Å². The molecule has 1 fully saturated rings. The summed E-state index contributed by atoms with van der Waals surface area (Å²) in [5, 5.41) is 11.5. The molecule has 12 heteroatoms. The van der Waals surface area contributed by atoms with E-state index in [4.69, 9.17) is 27.9 Å². The quantitative estimate of drug-likeness (QED) is 0.537. The number of H-pyrrole nitrogens is 1. The number of aromatic nitrogens is 4. The van der Waals surface area contributed by atoms with Crippen LogP contribution in [0.2, 0.25) is 10.0 Å². The van der Waals surface area contributed by atoms with Crippen LogP contribution in [0.15, 0.2) is 27.8 Å². The first-order valence-electron chi connectivity index (χ1n) is 10.1. The van der Waals surface area contributed by atoms with Crippen LogP contribution < -0.4 is 20.9 Å². The Bertz CT molecular complexity index is 1250. The van der Waals surface area contributed by atoms with Gasteiger partial charge in [0.2, 0.25) is 5.95 Å². The molecule has 0 radical (unpaired) electrons. The van der Waals surface area contributed by atoms with Crippen molar-refractivity contribution < 1.29 is 9.84 Å². The molecule has 1 saturated heterocycles. The Balaban J connectivity index is 1.65. The van der Waals surface area contributed by atoms with Crippen LogP contribution >= 0.6 is 23.2 Å². The minimum absolute atomic E-state index is 0.0463. The summed E-state index contributed by atoms with van der Waals surface area (Å²) >= 11 is 12.0. The molecule has 0 saturated carbocycles. The van der Waals surface area contributed by atoms with Gasteiger partial charge in [0, 0.05) is 38.2 Å². The lowest BCUT2D eigenvalue weighted by atomic mass is 10.3. The van der Waals surface area contributed by atoms with E-state index in [0.717, 1.165) is 13.1 Å². The first-order chi connectivity index (χ1) is 15.2. The molecule has 0 aliphatic carbocycles. The molecule has 2 N–H and O–H groups in total. The van der Waals surface area contributed by atoms with Crippen LogP contribution in [-0.2, 0) is 13.6 Å². The Labute approximate surface area is 193 Å². The van der Waals surface area contributed by atoms with Crippen LogP contribution in [0.4, 0.5) is 5.95 Å². The van der Waals surface area contributed by atoms with Gasteiger partial charge >= 0.3 is 5.69 Å². The lowest BCUT2D eigenvalue weighted by molar-refractivity contribution is 0.0936. The number of hydrogen-bond donors (Lipinski definition) is 2. The first-order valence-corrected chi connectivity index (χ1v) is 10.9. The van der Waals surface area contributed by atoms with E-state index < -0.39 is 17.4 Å². The SMILES string of the molecule is CN1CCN(c2nc3c(c(=O)[nH]c(=O)n3C)n2C[C@H](O)COc2ccc(Cl)cc2Cl)CC1. The van der Waals surface area contributed by atoms with E-state index in [9.17, 15) is 14.7 Å². The van der Waals surface area contributed by atoms with E-state index >= 15 is 0 Å². The van der Waals surface area contributed by atoms with Gasteiger partial charge in [0.15, 0.2) is 11.2 Å². The fraction of sp³-hybridized carbons (Fsp3) is 0.450. The molecule has 10 nitrogen and oxygen atoms in total. The Kier molecular flexibility index (Phi) is 6.47. The largest absolute Gasteiger partial charge is 0.489 e. The first kappa shape index (κ1) is 22.7. The van der Waals surface area contributed by atoms with Crippen molar-refractivity contribution in [2.75, 3.05) is 44.7 Å². The zero-order valence-electron chi connectivity index (χ0n) is 17.7. The van der Waals surface area contributed by atoms with E-state index in [1.165, 1.54) is 4.57 Å². The number of aliphatic hydroxyl groups is 1. The van der Waals surface area contributed by atoms with Gasteiger partial charge in [-0.1, -0.05) is 23.2 Å². The molecule has 1 atom stereocenters. The predicted octanol–water partition coefficient (Wildman–Crippen LogP) is 0.922. The molecule has 1 aliphatic rings. The minimum atomic E-state index is -0.970. The molecule has 2 aromatic heterocycles. The van der Waals surface area contributed by atoms with E-state index in [0.29, 0.717) is 34.8 Å². The highest BCUT2D eigenvalue weighted by molar-refractivity contribution is 6.35. The molecule has 0 unspecified atom stereocenters. The maximum atomic E-state index is 12.7. The van der Waals surface area contributed by atoms with Gasteiger partial charge < -0.3 is 24.2 Å². The fourth-order valence-corrected chi connectivity index (χ4v) is 4.15. The average Bonchev–Trinajstić information content (AvgIpc) is 3.12. The number of ether oxygens (including phenoxy) is 1. The molecule has 1 aliphatic heterocycles. The van der Waals surface area contributed by atoms with Crippen molar-refractivity contribution in [3.05, 3.63) is 49.1 Å². The zero-order valence-corrected chi connectivity index (χ0v) is 19.2. The summed E-state index contributed by atoms with van der Waals surface area (Å²) in [6, 6.07) is 4.82. The highest BCUT2D eigenvalue weighted by Crippen LogP contribution is 2.28. The van der Waals surface area contributed by atoms with Crippen LogP contribution in [0.5, 0.6) is 5.75 Å². The predicted molar refractivity (Wildman–Crippen MR) is 123 cm³/mol. The monoisotopic (exact) mass is 482 g/mol. The standard InChI is InChI=1S/C20H24Cl2N6O4/c1-25-5-7-27(8-6-25)19-23-17-16(18(30)24-20(31)26(17)2)28(19)10-13(29)11-32-15-4-3-12(21)9-14(15)22/h3-4,9,13,29H,5-8,10-11H2,1-2H3,(H,24,30,31)/t13-/m0/s1. The maximum absolute atomic E-state index is 12.7. The lowest BCUT2D eigenvalue weighted by Crippen LogP contribution is -2.45. The van der Waals surface area contributed by atoms with Crippen LogP contribution in [-0.4, -0.2) is 75.0 Å². The Morgan fingerprint density at radius 3 is 2.59 bits per heavy atom. The smallest absolute Gasteiger partial charge is 0.329 e. The molecule has 172 valence electrons. The van der Waals surface area contributed by atoms with Crippen LogP contribution in [0, 0.1) is 0 Å². The van der Waals surface area contributed by atoms with Crippen molar-refractivity contribution in [2.45, 2.75) is 12.6 Å². The zero-order chi connectivity index (χ0) is 23.0. The van der Waals surface area contributed by atoms with Crippen molar-refractivity contribution in [1.29, 1.82) is 0 Å². The Hall–Kier alpha value is -2.53. The van der Waals surface area contributed by atoms with E-state index in [1.807, 2.05) is 11.9 Å². The van der Waals surface area contributed by atoms with Gasteiger partial charge in [0.05, 0.1) is 11.6 Å². The number of imidazole rings is 1. The number of hydrogen-bond acceptors (Lipinski definition) is 7. The molecule has 1 aromatic carbocycles. The minimum Gasteiger partial charge on any atom is -0.489 e. The number of piperazine rings is 1. The number of nitrogens with zero attached hydrogens (tertiary/aromatic N) is 5. The molecule has 3 heterocycles. The number of fused-ring (bicyclic) bond motifs is 1. The second-order valence-corrected chi connectivity index (χ2v) is 8.69. The lowest BCUT2D eigenvalue weighted by Gasteiger charge is -2.33. The van der Waals surface area contributed by atoms with Crippen LogP contribution in [0.1, 0.15) is 0 Å². The van der Waals surface area contributed by atoms with Gasteiger partial charge in [-0.25, -0.2) is 4.79 Å². The van der Waals surface area contributed by atoms with Crippen molar-refractivity contribution in [2.24, 2.45) is 7.05 Å². The summed E-state index contributed by atoms with van der Waals surface area (Å²) in [7, 11) is 3.59. The number of likely N-dealkylation sites (N-methyl/N-ethyl adjacent to an activating group) is 1. The number of halogens is 2. The number of nitrogens with one attached hydrogen (secondary N) is 1. The topological polar surface area (TPSA) is 109 Å². The molecule has 32 heavy (non-hydrogen) atoms. The third kappa shape index (κ3) is 4.49. The summed E-state index contributed by atoms with van der Waals surface area (Å²) in [5.74, 6) is 0.925. The van der Waals surface area contributed by atoms with Gasteiger partial charge in [-0.2, -0.15) is 4.98 Å². The Morgan fingerprint density at radius 2 is 1.91 bits per heavy atom. The van der Waals surface area contributed by atoms with Crippen molar-refractivity contribution in [3.63, 3.8) is 0 Å². The van der Waals surface area contributed by atoms with Gasteiger partial charge in [0.25, 0.3) is 5.56 Å². The second-order valence-electron chi connectivity index (χ2n) is 7.84. The van der Waals surface area contributed by atoms with Gasteiger partial charge in [-0.3, -0.25) is 14.3 Å². The fourth-order valence-electron chi connectivity index (χ4n) is 3.69. The highest BCUT2D eigenvalue weighted by Gasteiger charge is 2.25. The summed E-state index contributed by atoms with van der Waals surface area (Å²) in [6.45, 7) is 3.06. The van der Waals surface area contributed by atoms with Crippen LogP contribution in [0.25, 0.3) is 11.2 Å².